The number of amidine groups is 1. The number of nitrogens with zero attached hydrogens (tertiary/aromatic N) is 2. The summed E-state index contributed by atoms with van der Waals surface area (Å²) in [6.07, 6.45) is 6.88. The number of oxime groups is 1. The molecule has 2 fully saturated rings. The topological polar surface area (TPSA) is 73.9 Å². The molecule has 0 bridgehead atoms. The van der Waals surface area contributed by atoms with Crippen molar-refractivity contribution < 1.29 is 5.21 Å². The summed E-state index contributed by atoms with van der Waals surface area (Å²) in [5.74, 6) is 0.372. The summed E-state index contributed by atoms with van der Waals surface area (Å²) in [4.78, 5) is 2.56. The predicted molar refractivity (Wildman–Crippen MR) is 77.4 cm³/mol. The van der Waals surface area contributed by atoms with Crippen molar-refractivity contribution in [2.24, 2.45) is 16.3 Å². The molecule has 0 radical (unpaired) electrons. The number of likely N-dealkylation sites (tertiary alicyclic amines) is 1. The largest absolute Gasteiger partial charge is 0.409 e. The lowest BCUT2D eigenvalue weighted by atomic mass is 9.99. The Hall–Kier alpha value is -0.810. The molecule has 2 rings (SSSR count). The van der Waals surface area contributed by atoms with E-state index < -0.39 is 0 Å². The molecule has 19 heavy (non-hydrogen) atoms. The highest BCUT2D eigenvalue weighted by molar-refractivity contribution is 5.80. The first-order valence-electron chi connectivity index (χ1n) is 7.59. The first-order chi connectivity index (χ1) is 9.17. The molecule has 0 aromatic rings. The van der Waals surface area contributed by atoms with Gasteiger partial charge in [-0.05, 0) is 57.2 Å². The van der Waals surface area contributed by atoms with Gasteiger partial charge in [-0.15, -0.1) is 0 Å². The fraction of sp³-hybridized carbons (Fsp3) is 0.929. The number of hydrogen-bond acceptors (Lipinski definition) is 4. The Kier molecular flexibility index (Phi) is 5.05. The number of nitrogens with two attached hydrogens (primary N) is 1. The Morgan fingerprint density at radius 1 is 1.42 bits per heavy atom. The predicted octanol–water partition coefficient (Wildman–Crippen LogP) is 1.37. The Balaban J connectivity index is 1.67. The smallest absolute Gasteiger partial charge is 0.139 e. The van der Waals surface area contributed by atoms with Gasteiger partial charge in [0.1, 0.15) is 5.84 Å². The van der Waals surface area contributed by atoms with E-state index in [1.54, 1.807) is 0 Å². The van der Waals surface area contributed by atoms with Crippen molar-refractivity contribution >= 4 is 5.84 Å². The summed E-state index contributed by atoms with van der Waals surface area (Å²) < 4.78 is 0. The molecule has 110 valence electrons. The minimum Gasteiger partial charge on any atom is -0.409 e. The van der Waals surface area contributed by atoms with Crippen LogP contribution < -0.4 is 11.1 Å². The minimum absolute atomic E-state index is 0.275. The summed E-state index contributed by atoms with van der Waals surface area (Å²) in [5.41, 5.74) is 5.90. The van der Waals surface area contributed by atoms with Crippen LogP contribution in [0.15, 0.2) is 5.16 Å². The van der Waals surface area contributed by atoms with Crippen molar-refractivity contribution in [1.29, 1.82) is 0 Å². The first kappa shape index (κ1) is 14.6. The van der Waals surface area contributed by atoms with Gasteiger partial charge in [0.2, 0.25) is 0 Å². The van der Waals surface area contributed by atoms with Crippen LogP contribution in [0.1, 0.15) is 45.4 Å². The van der Waals surface area contributed by atoms with E-state index >= 15 is 0 Å². The lowest BCUT2D eigenvalue weighted by molar-refractivity contribution is 0.194. The van der Waals surface area contributed by atoms with Crippen LogP contribution in [0.3, 0.4) is 0 Å². The Morgan fingerprint density at radius 2 is 2.11 bits per heavy atom. The summed E-state index contributed by atoms with van der Waals surface area (Å²) in [6, 6.07) is 0.651. The van der Waals surface area contributed by atoms with Crippen LogP contribution in [0.5, 0.6) is 0 Å². The van der Waals surface area contributed by atoms with Crippen molar-refractivity contribution in [2.45, 2.75) is 51.5 Å². The van der Waals surface area contributed by atoms with E-state index in [2.05, 4.69) is 22.3 Å². The van der Waals surface area contributed by atoms with Crippen LogP contribution in [0.25, 0.3) is 0 Å². The summed E-state index contributed by atoms with van der Waals surface area (Å²) in [5, 5.41) is 15.5. The van der Waals surface area contributed by atoms with Crippen LogP contribution in [0, 0.1) is 5.41 Å². The summed E-state index contributed by atoms with van der Waals surface area (Å²) in [7, 11) is 0. The standard InChI is InChI=1S/C14H28N4O/c1-2-7-18-8-3-12(4-9-18)16-11-14(5-6-14)10-13(15)17-19/h12,16,19H,2-11H2,1H3,(H2,15,17). The fourth-order valence-electron chi connectivity index (χ4n) is 3.05. The molecule has 1 saturated heterocycles. The molecule has 1 saturated carbocycles. The average molecular weight is 268 g/mol. The molecule has 5 nitrogen and oxygen atoms in total. The molecule has 0 aromatic carbocycles. The van der Waals surface area contributed by atoms with Crippen molar-refractivity contribution in [3.05, 3.63) is 0 Å². The van der Waals surface area contributed by atoms with Crippen molar-refractivity contribution in [3.8, 4) is 0 Å². The van der Waals surface area contributed by atoms with Gasteiger partial charge in [0.05, 0.1) is 0 Å². The van der Waals surface area contributed by atoms with Crippen LogP contribution >= 0.6 is 0 Å². The number of hydrogen-bond donors (Lipinski definition) is 3. The molecule has 0 unspecified atom stereocenters. The van der Waals surface area contributed by atoms with Crippen LogP contribution in [-0.2, 0) is 0 Å². The van der Waals surface area contributed by atoms with Crippen molar-refractivity contribution in [3.63, 3.8) is 0 Å². The molecule has 5 heteroatoms. The number of nitrogens with one attached hydrogen (secondary N) is 1. The Morgan fingerprint density at radius 3 is 2.63 bits per heavy atom. The maximum absolute atomic E-state index is 8.66. The molecular formula is C14H28N4O. The first-order valence-corrected chi connectivity index (χ1v) is 7.59. The molecule has 2 aliphatic rings. The summed E-state index contributed by atoms with van der Waals surface area (Å²) >= 11 is 0. The maximum atomic E-state index is 8.66. The van der Waals surface area contributed by atoms with Crippen molar-refractivity contribution in [2.75, 3.05) is 26.2 Å². The highest BCUT2D eigenvalue weighted by Gasteiger charge is 2.43. The normalized spacial score (nSPS) is 24.6. The lowest BCUT2D eigenvalue weighted by Crippen LogP contribution is -2.44. The highest BCUT2D eigenvalue weighted by atomic mass is 16.4. The van der Waals surface area contributed by atoms with Crippen molar-refractivity contribution in [1.82, 2.24) is 10.2 Å². The number of rotatable bonds is 7. The van der Waals surface area contributed by atoms with Gasteiger partial charge in [-0.1, -0.05) is 12.1 Å². The van der Waals surface area contributed by atoms with Gasteiger partial charge in [0, 0.05) is 19.0 Å². The zero-order chi connectivity index (χ0) is 13.7. The van der Waals surface area contributed by atoms with Gasteiger partial charge in [0.25, 0.3) is 0 Å². The monoisotopic (exact) mass is 268 g/mol. The second kappa shape index (κ2) is 6.57. The zero-order valence-corrected chi connectivity index (χ0v) is 12.1. The van der Waals surface area contributed by atoms with Crippen LogP contribution in [-0.4, -0.2) is 48.2 Å². The molecule has 0 atom stereocenters. The third-order valence-electron chi connectivity index (χ3n) is 4.53. The lowest BCUT2D eigenvalue weighted by Gasteiger charge is -2.33. The van der Waals surface area contributed by atoms with E-state index in [1.165, 1.54) is 51.7 Å². The Bertz CT molecular complexity index is 307. The van der Waals surface area contributed by atoms with Gasteiger partial charge in [0.15, 0.2) is 0 Å². The van der Waals surface area contributed by atoms with Gasteiger partial charge < -0.3 is 21.2 Å². The molecule has 1 heterocycles. The van der Waals surface area contributed by atoms with Gasteiger partial charge in [-0.2, -0.15) is 0 Å². The van der Waals surface area contributed by atoms with Gasteiger partial charge in [-0.25, -0.2) is 0 Å². The van der Waals surface area contributed by atoms with E-state index in [9.17, 15) is 0 Å². The zero-order valence-electron chi connectivity index (χ0n) is 12.1. The van der Waals surface area contributed by atoms with Crippen LogP contribution in [0.2, 0.25) is 0 Å². The SMILES string of the molecule is CCCN1CCC(NCC2(CC(N)=NO)CC2)CC1. The average Bonchev–Trinajstić information content (AvgIpc) is 3.18. The quantitative estimate of drug-likeness (QED) is 0.282. The second-order valence-electron chi connectivity index (χ2n) is 6.26. The van der Waals surface area contributed by atoms with Crippen LogP contribution in [0.4, 0.5) is 0 Å². The van der Waals surface area contributed by atoms with E-state index in [0.29, 0.717) is 11.9 Å². The summed E-state index contributed by atoms with van der Waals surface area (Å²) in [6.45, 7) is 6.94. The molecule has 4 N–H and O–H groups in total. The van der Waals surface area contributed by atoms with Gasteiger partial charge in [-0.3, -0.25) is 0 Å². The third-order valence-corrected chi connectivity index (χ3v) is 4.53. The fourth-order valence-corrected chi connectivity index (χ4v) is 3.05. The maximum Gasteiger partial charge on any atom is 0.139 e. The van der Waals surface area contributed by atoms with E-state index in [-0.39, 0.29) is 5.41 Å². The minimum atomic E-state index is 0.275. The number of piperidine rings is 1. The van der Waals surface area contributed by atoms with E-state index in [0.717, 1.165) is 13.0 Å². The van der Waals surface area contributed by atoms with E-state index in [4.69, 9.17) is 10.9 Å². The molecule has 1 aliphatic carbocycles. The van der Waals surface area contributed by atoms with E-state index in [1.807, 2.05) is 0 Å². The molecule has 0 amide bonds. The third kappa shape index (κ3) is 4.35. The molecule has 0 spiro atoms. The molecule has 0 aromatic heterocycles. The van der Waals surface area contributed by atoms with Gasteiger partial charge >= 0.3 is 0 Å². The molecular weight excluding hydrogens is 240 g/mol. The highest BCUT2D eigenvalue weighted by Crippen LogP contribution is 2.48. The Labute approximate surface area is 116 Å². The molecule has 1 aliphatic heterocycles. The second-order valence-corrected chi connectivity index (χ2v) is 6.26.